The summed E-state index contributed by atoms with van der Waals surface area (Å²) in [6.45, 7) is 3.89. The molecule has 1 atom stereocenters. The lowest BCUT2D eigenvalue weighted by molar-refractivity contribution is 0.624. The summed E-state index contributed by atoms with van der Waals surface area (Å²) in [5.74, 6) is 0.320. The fourth-order valence-electron chi connectivity index (χ4n) is 1.54. The predicted octanol–water partition coefficient (Wildman–Crippen LogP) is 3.35. The van der Waals surface area contributed by atoms with Gasteiger partial charge in [-0.2, -0.15) is 4.37 Å². The van der Waals surface area contributed by atoms with E-state index in [1.807, 2.05) is 19.9 Å². The van der Waals surface area contributed by atoms with Gasteiger partial charge < -0.3 is 11.1 Å². The van der Waals surface area contributed by atoms with E-state index in [0.717, 1.165) is 16.1 Å². The number of aromatic nitrogens is 1. The molecule has 0 aliphatic rings. The Balaban J connectivity index is 2.17. The minimum absolute atomic E-state index is 0.0178. The number of nitrogens with one attached hydrogen (secondary N) is 1. The Morgan fingerprint density at radius 1 is 1.47 bits per heavy atom. The van der Waals surface area contributed by atoms with E-state index in [9.17, 15) is 4.39 Å². The highest BCUT2D eigenvalue weighted by Crippen LogP contribution is 2.29. The van der Waals surface area contributed by atoms with Crippen molar-refractivity contribution in [1.29, 1.82) is 0 Å². The molecule has 90 valence electrons. The van der Waals surface area contributed by atoms with E-state index >= 15 is 0 Å². The van der Waals surface area contributed by atoms with Gasteiger partial charge in [0.15, 0.2) is 0 Å². The highest BCUT2D eigenvalue weighted by Gasteiger charge is 2.11. The van der Waals surface area contributed by atoms with Gasteiger partial charge in [-0.15, -0.1) is 0 Å². The first-order valence-electron chi connectivity index (χ1n) is 5.31. The first kappa shape index (κ1) is 11.9. The molecule has 1 aromatic carbocycles. The van der Waals surface area contributed by atoms with Crippen LogP contribution in [-0.2, 0) is 0 Å². The van der Waals surface area contributed by atoms with Crippen LogP contribution in [0.15, 0.2) is 24.3 Å². The van der Waals surface area contributed by atoms with Crippen molar-refractivity contribution in [2.24, 2.45) is 0 Å². The zero-order valence-electron chi connectivity index (χ0n) is 9.70. The van der Waals surface area contributed by atoms with Gasteiger partial charge in [0, 0.05) is 11.6 Å². The van der Waals surface area contributed by atoms with Crippen molar-refractivity contribution < 1.29 is 4.39 Å². The fraction of sp³-hybridized carbons (Fsp3) is 0.250. The van der Waals surface area contributed by atoms with E-state index in [1.165, 1.54) is 23.7 Å². The zero-order chi connectivity index (χ0) is 12.4. The van der Waals surface area contributed by atoms with Gasteiger partial charge in [-0.3, -0.25) is 0 Å². The largest absolute Gasteiger partial charge is 0.383 e. The average Bonchev–Trinajstić information content (AvgIpc) is 2.61. The van der Waals surface area contributed by atoms with E-state index in [2.05, 4.69) is 9.69 Å². The number of hydrogen-bond donors (Lipinski definition) is 2. The van der Waals surface area contributed by atoms with Crippen LogP contribution in [0.4, 0.5) is 15.2 Å². The van der Waals surface area contributed by atoms with Crippen molar-refractivity contribution in [3.8, 4) is 0 Å². The number of nitrogens with zero attached hydrogens (tertiary/aromatic N) is 1. The molecule has 2 aromatic rings. The van der Waals surface area contributed by atoms with Gasteiger partial charge in [-0.25, -0.2) is 4.39 Å². The second-order valence-corrected chi connectivity index (χ2v) is 4.72. The molecular weight excluding hydrogens is 237 g/mol. The van der Waals surface area contributed by atoms with Gasteiger partial charge >= 0.3 is 0 Å². The van der Waals surface area contributed by atoms with Crippen molar-refractivity contribution in [3.63, 3.8) is 0 Å². The third-order valence-electron chi connectivity index (χ3n) is 2.66. The minimum Gasteiger partial charge on any atom is -0.383 e. The normalized spacial score (nSPS) is 12.4. The van der Waals surface area contributed by atoms with Crippen LogP contribution in [0.2, 0.25) is 0 Å². The molecule has 0 spiro atoms. The summed E-state index contributed by atoms with van der Waals surface area (Å²) in [6.07, 6.45) is 0. The van der Waals surface area contributed by atoms with Crippen molar-refractivity contribution in [2.45, 2.75) is 19.9 Å². The molecule has 1 unspecified atom stereocenters. The van der Waals surface area contributed by atoms with Crippen LogP contribution >= 0.6 is 11.5 Å². The van der Waals surface area contributed by atoms with Crippen LogP contribution in [0.3, 0.4) is 0 Å². The molecule has 0 saturated carbocycles. The summed E-state index contributed by atoms with van der Waals surface area (Å²) in [5.41, 5.74) is 7.52. The lowest BCUT2D eigenvalue weighted by Gasteiger charge is -2.14. The molecule has 5 heteroatoms. The summed E-state index contributed by atoms with van der Waals surface area (Å²) in [5, 5.41) is 4.21. The van der Waals surface area contributed by atoms with Gasteiger partial charge in [-0.05, 0) is 43.1 Å². The van der Waals surface area contributed by atoms with E-state index in [0.29, 0.717) is 5.82 Å². The number of halogens is 1. The number of rotatable bonds is 3. The van der Waals surface area contributed by atoms with Crippen molar-refractivity contribution in [1.82, 2.24) is 4.37 Å². The molecule has 2 rings (SSSR count). The summed E-state index contributed by atoms with van der Waals surface area (Å²) in [6, 6.07) is 6.57. The van der Waals surface area contributed by atoms with Gasteiger partial charge in [0.1, 0.15) is 16.6 Å². The smallest absolute Gasteiger partial charge is 0.142 e. The van der Waals surface area contributed by atoms with Gasteiger partial charge in [0.2, 0.25) is 0 Å². The third kappa shape index (κ3) is 2.55. The molecule has 0 radical (unpaired) electrons. The van der Waals surface area contributed by atoms with Crippen LogP contribution in [0.5, 0.6) is 0 Å². The molecular formula is C12H14FN3S. The molecule has 1 heterocycles. The van der Waals surface area contributed by atoms with E-state index < -0.39 is 0 Å². The van der Waals surface area contributed by atoms with Crippen LogP contribution in [0, 0.1) is 12.7 Å². The molecule has 1 aromatic heterocycles. The Kier molecular flexibility index (Phi) is 3.28. The van der Waals surface area contributed by atoms with Crippen LogP contribution in [-0.4, -0.2) is 4.37 Å². The van der Waals surface area contributed by atoms with Crippen LogP contribution in [0.1, 0.15) is 24.1 Å². The SMILES string of the molecule is Cc1c(N)nsc1NC(C)c1cccc(F)c1. The molecule has 0 saturated heterocycles. The summed E-state index contributed by atoms with van der Waals surface area (Å²) in [7, 11) is 0. The van der Waals surface area contributed by atoms with E-state index in [4.69, 9.17) is 5.73 Å². The maximum absolute atomic E-state index is 13.1. The summed E-state index contributed by atoms with van der Waals surface area (Å²) < 4.78 is 17.2. The molecule has 3 nitrogen and oxygen atoms in total. The lowest BCUT2D eigenvalue weighted by atomic mass is 10.1. The Hall–Kier alpha value is -1.62. The molecule has 0 amide bonds. The maximum atomic E-state index is 13.1. The predicted molar refractivity (Wildman–Crippen MR) is 69.7 cm³/mol. The van der Waals surface area contributed by atoms with Gasteiger partial charge in [0.25, 0.3) is 0 Å². The van der Waals surface area contributed by atoms with E-state index in [1.54, 1.807) is 6.07 Å². The highest BCUT2D eigenvalue weighted by molar-refractivity contribution is 7.10. The average molecular weight is 251 g/mol. The number of nitrogen functional groups attached to an aromatic ring is 1. The number of hydrogen-bond acceptors (Lipinski definition) is 4. The van der Waals surface area contributed by atoms with Crippen molar-refractivity contribution in [2.75, 3.05) is 11.1 Å². The molecule has 0 fully saturated rings. The Morgan fingerprint density at radius 3 is 2.82 bits per heavy atom. The summed E-state index contributed by atoms with van der Waals surface area (Å²) >= 11 is 1.32. The first-order chi connectivity index (χ1) is 8.08. The Bertz CT molecular complexity index is 524. The molecule has 0 aliphatic heterocycles. The monoisotopic (exact) mass is 251 g/mol. The number of nitrogens with two attached hydrogens (primary N) is 1. The number of benzene rings is 1. The zero-order valence-corrected chi connectivity index (χ0v) is 10.5. The van der Waals surface area contributed by atoms with Crippen LogP contribution < -0.4 is 11.1 Å². The quantitative estimate of drug-likeness (QED) is 0.879. The minimum atomic E-state index is -0.225. The van der Waals surface area contributed by atoms with Crippen molar-refractivity contribution in [3.05, 3.63) is 41.2 Å². The molecule has 0 bridgehead atoms. The highest BCUT2D eigenvalue weighted by atomic mass is 32.1. The van der Waals surface area contributed by atoms with Gasteiger partial charge in [-0.1, -0.05) is 12.1 Å². The second-order valence-electron chi connectivity index (χ2n) is 3.94. The molecule has 17 heavy (non-hydrogen) atoms. The second kappa shape index (κ2) is 4.71. The van der Waals surface area contributed by atoms with Crippen molar-refractivity contribution >= 4 is 22.4 Å². The Morgan fingerprint density at radius 2 is 2.24 bits per heavy atom. The maximum Gasteiger partial charge on any atom is 0.142 e. The lowest BCUT2D eigenvalue weighted by Crippen LogP contribution is -2.06. The topological polar surface area (TPSA) is 50.9 Å². The van der Waals surface area contributed by atoms with E-state index in [-0.39, 0.29) is 11.9 Å². The number of anilines is 2. The fourth-order valence-corrected chi connectivity index (χ4v) is 2.34. The van der Waals surface area contributed by atoms with Gasteiger partial charge in [0.05, 0.1) is 0 Å². The molecule has 3 N–H and O–H groups in total. The van der Waals surface area contributed by atoms with Crippen LogP contribution in [0.25, 0.3) is 0 Å². The molecule has 0 aliphatic carbocycles. The third-order valence-corrected chi connectivity index (χ3v) is 3.55. The Labute approximate surface area is 104 Å². The standard InChI is InChI=1S/C12H14FN3S/c1-7-11(14)16-17-12(7)15-8(2)9-4-3-5-10(13)6-9/h3-6,8,15H,1-2H3,(H2,14,16). The first-order valence-corrected chi connectivity index (χ1v) is 6.09. The summed E-state index contributed by atoms with van der Waals surface area (Å²) in [4.78, 5) is 0.